The number of esters is 1. The van der Waals surface area contributed by atoms with Crippen LogP contribution in [0, 0.1) is 5.92 Å². The molecule has 1 aromatic carbocycles. The number of nitrogens with zero attached hydrogens (tertiary/aromatic N) is 3. The SMILES string of the molecule is CCOC(=O)c1ccccc1Nc1nncc(NCCC(C)C)n1. The van der Waals surface area contributed by atoms with Crippen molar-refractivity contribution in [3.8, 4) is 0 Å². The summed E-state index contributed by atoms with van der Waals surface area (Å²) in [4.78, 5) is 16.4. The Bertz CT molecular complexity index is 676. The maximum Gasteiger partial charge on any atom is 0.340 e. The predicted molar refractivity (Wildman–Crippen MR) is 93.5 cm³/mol. The largest absolute Gasteiger partial charge is 0.462 e. The van der Waals surface area contributed by atoms with Crippen molar-refractivity contribution in [3.05, 3.63) is 36.0 Å². The van der Waals surface area contributed by atoms with Crippen LogP contribution >= 0.6 is 0 Å². The second kappa shape index (κ2) is 8.81. The Balaban J connectivity index is 2.10. The van der Waals surface area contributed by atoms with Gasteiger partial charge in [-0.25, -0.2) is 4.79 Å². The van der Waals surface area contributed by atoms with Gasteiger partial charge in [0.15, 0.2) is 5.82 Å². The Kier molecular flexibility index (Phi) is 6.48. The highest BCUT2D eigenvalue weighted by atomic mass is 16.5. The van der Waals surface area contributed by atoms with Crippen molar-refractivity contribution >= 4 is 23.4 Å². The molecule has 0 unspecified atom stereocenters. The Morgan fingerprint density at radius 1 is 1.29 bits per heavy atom. The lowest BCUT2D eigenvalue weighted by atomic mass is 10.1. The van der Waals surface area contributed by atoms with Gasteiger partial charge in [-0.1, -0.05) is 26.0 Å². The van der Waals surface area contributed by atoms with Crippen molar-refractivity contribution in [2.24, 2.45) is 5.92 Å². The van der Waals surface area contributed by atoms with Gasteiger partial charge >= 0.3 is 5.97 Å². The molecular formula is C17H23N5O2. The van der Waals surface area contributed by atoms with Crippen molar-refractivity contribution in [1.29, 1.82) is 0 Å². The van der Waals surface area contributed by atoms with Gasteiger partial charge < -0.3 is 15.4 Å². The average Bonchev–Trinajstić information content (AvgIpc) is 2.55. The number of carbonyl (C=O) groups is 1. The van der Waals surface area contributed by atoms with E-state index in [9.17, 15) is 4.79 Å². The second-order valence-electron chi connectivity index (χ2n) is 5.67. The molecule has 0 saturated carbocycles. The summed E-state index contributed by atoms with van der Waals surface area (Å²) in [6.45, 7) is 7.24. The van der Waals surface area contributed by atoms with Crippen molar-refractivity contribution in [3.63, 3.8) is 0 Å². The molecule has 128 valence electrons. The third-order valence-electron chi connectivity index (χ3n) is 3.26. The summed E-state index contributed by atoms with van der Waals surface area (Å²) in [5.74, 6) is 1.18. The normalized spacial score (nSPS) is 10.5. The van der Waals surface area contributed by atoms with E-state index in [-0.39, 0.29) is 5.97 Å². The maximum atomic E-state index is 12.0. The van der Waals surface area contributed by atoms with Crippen LogP contribution in [0.4, 0.5) is 17.5 Å². The predicted octanol–water partition coefficient (Wildman–Crippen LogP) is 3.25. The standard InChI is InChI=1S/C17H23N5O2/c1-4-24-16(23)13-7-5-6-8-14(13)20-17-21-15(11-19-22-17)18-10-9-12(2)3/h5-8,11-12H,4,9-10H2,1-3H3,(H2,18,20,21,22). The van der Waals surface area contributed by atoms with Crippen molar-refractivity contribution in [1.82, 2.24) is 15.2 Å². The molecular weight excluding hydrogens is 306 g/mol. The van der Waals surface area contributed by atoms with Gasteiger partial charge in [-0.15, -0.1) is 5.10 Å². The van der Waals surface area contributed by atoms with Crippen LogP contribution in [0.1, 0.15) is 37.6 Å². The molecule has 1 heterocycles. The fourth-order valence-electron chi connectivity index (χ4n) is 2.03. The zero-order chi connectivity index (χ0) is 17.4. The lowest BCUT2D eigenvalue weighted by Crippen LogP contribution is -2.11. The minimum Gasteiger partial charge on any atom is -0.462 e. The van der Waals surface area contributed by atoms with Crippen LogP contribution in [0.15, 0.2) is 30.5 Å². The van der Waals surface area contributed by atoms with Crippen molar-refractivity contribution in [2.45, 2.75) is 27.2 Å². The van der Waals surface area contributed by atoms with Gasteiger partial charge in [-0.05, 0) is 31.4 Å². The number of anilines is 3. The number of carbonyl (C=O) groups excluding carboxylic acids is 1. The fourth-order valence-corrected chi connectivity index (χ4v) is 2.03. The van der Waals surface area contributed by atoms with E-state index in [0.717, 1.165) is 13.0 Å². The number of hydrogen-bond acceptors (Lipinski definition) is 7. The van der Waals surface area contributed by atoms with E-state index in [4.69, 9.17) is 4.74 Å². The quantitative estimate of drug-likeness (QED) is 0.719. The van der Waals surface area contributed by atoms with Gasteiger partial charge in [0, 0.05) is 6.54 Å². The summed E-state index contributed by atoms with van der Waals surface area (Å²) in [5.41, 5.74) is 1.01. The van der Waals surface area contributed by atoms with E-state index < -0.39 is 0 Å². The lowest BCUT2D eigenvalue weighted by molar-refractivity contribution is 0.0527. The van der Waals surface area contributed by atoms with Crippen LogP contribution in [0.3, 0.4) is 0 Å². The van der Waals surface area contributed by atoms with Crippen molar-refractivity contribution < 1.29 is 9.53 Å². The summed E-state index contributed by atoms with van der Waals surface area (Å²) < 4.78 is 5.06. The number of nitrogens with one attached hydrogen (secondary N) is 2. The first-order chi connectivity index (χ1) is 11.6. The fraction of sp³-hybridized carbons (Fsp3) is 0.412. The van der Waals surface area contributed by atoms with Crippen LogP contribution in [-0.2, 0) is 4.74 Å². The molecule has 0 amide bonds. The molecule has 2 N–H and O–H groups in total. The first-order valence-electron chi connectivity index (χ1n) is 8.07. The lowest BCUT2D eigenvalue weighted by Gasteiger charge is -2.11. The first kappa shape index (κ1) is 17.7. The van der Waals surface area contributed by atoms with E-state index in [2.05, 4.69) is 39.7 Å². The van der Waals surface area contributed by atoms with Crippen LogP contribution in [0.25, 0.3) is 0 Å². The Morgan fingerprint density at radius 3 is 2.83 bits per heavy atom. The van der Waals surface area contributed by atoms with Crippen LogP contribution in [-0.4, -0.2) is 34.3 Å². The molecule has 0 aliphatic heterocycles. The molecule has 24 heavy (non-hydrogen) atoms. The Hall–Kier alpha value is -2.70. The summed E-state index contributed by atoms with van der Waals surface area (Å²) in [6, 6.07) is 7.07. The second-order valence-corrected chi connectivity index (χ2v) is 5.67. The van der Waals surface area contributed by atoms with E-state index in [1.807, 2.05) is 6.07 Å². The molecule has 7 nitrogen and oxygen atoms in total. The average molecular weight is 329 g/mol. The molecule has 0 atom stereocenters. The summed E-state index contributed by atoms with van der Waals surface area (Å²) in [7, 11) is 0. The zero-order valence-corrected chi connectivity index (χ0v) is 14.2. The van der Waals surface area contributed by atoms with Gasteiger partial charge in [-0.2, -0.15) is 10.1 Å². The molecule has 0 aliphatic carbocycles. The molecule has 0 aliphatic rings. The van der Waals surface area contributed by atoms with E-state index in [1.54, 1.807) is 31.3 Å². The van der Waals surface area contributed by atoms with Gasteiger partial charge in [0.05, 0.1) is 24.1 Å². The zero-order valence-electron chi connectivity index (χ0n) is 14.2. The van der Waals surface area contributed by atoms with E-state index >= 15 is 0 Å². The molecule has 0 radical (unpaired) electrons. The van der Waals surface area contributed by atoms with Gasteiger partial charge in [0.1, 0.15) is 0 Å². The Morgan fingerprint density at radius 2 is 2.08 bits per heavy atom. The molecule has 2 rings (SSSR count). The van der Waals surface area contributed by atoms with E-state index in [1.165, 1.54) is 0 Å². The number of para-hydroxylation sites is 1. The third kappa shape index (κ3) is 5.19. The molecule has 7 heteroatoms. The molecule has 0 bridgehead atoms. The number of rotatable bonds is 8. The Labute approximate surface area is 141 Å². The monoisotopic (exact) mass is 329 g/mol. The number of hydrogen-bond donors (Lipinski definition) is 2. The van der Waals surface area contributed by atoms with Crippen molar-refractivity contribution in [2.75, 3.05) is 23.8 Å². The smallest absolute Gasteiger partial charge is 0.340 e. The molecule has 2 aromatic rings. The third-order valence-corrected chi connectivity index (χ3v) is 3.26. The highest BCUT2D eigenvalue weighted by molar-refractivity contribution is 5.96. The van der Waals surface area contributed by atoms with E-state index in [0.29, 0.717) is 35.5 Å². The highest BCUT2D eigenvalue weighted by Crippen LogP contribution is 2.19. The minimum atomic E-state index is -0.389. The number of aromatic nitrogens is 3. The maximum absolute atomic E-state index is 12.0. The van der Waals surface area contributed by atoms with Gasteiger partial charge in [0.25, 0.3) is 0 Å². The molecule has 1 aromatic heterocycles. The van der Waals surface area contributed by atoms with Gasteiger partial charge in [0.2, 0.25) is 5.95 Å². The topological polar surface area (TPSA) is 89.0 Å². The van der Waals surface area contributed by atoms with Crippen LogP contribution < -0.4 is 10.6 Å². The van der Waals surface area contributed by atoms with Crippen LogP contribution in [0.2, 0.25) is 0 Å². The minimum absolute atomic E-state index is 0.320. The molecule has 0 fully saturated rings. The molecule has 0 spiro atoms. The first-order valence-corrected chi connectivity index (χ1v) is 8.07. The van der Waals surface area contributed by atoms with Gasteiger partial charge in [-0.3, -0.25) is 0 Å². The highest BCUT2D eigenvalue weighted by Gasteiger charge is 2.13. The number of ether oxygens (including phenoxy) is 1. The summed E-state index contributed by atoms with van der Waals surface area (Å²) in [5, 5.41) is 14.1. The van der Waals surface area contributed by atoms with Crippen LogP contribution in [0.5, 0.6) is 0 Å². The molecule has 0 saturated heterocycles. The number of benzene rings is 1. The summed E-state index contributed by atoms with van der Waals surface area (Å²) in [6.07, 6.45) is 2.61. The summed E-state index contributed by atoms with van der Waals surface area (Å²) >= 11 is 0.